The van der Waals surface area contributed by atoms with Crippen LogP contribution in [0.1, 0.15) is 42.9 Å². The van der Waals surface area contributed by atoms with Crippen molar-refractivity contribution in [1.82, 2.24) is 25.0 Å². The Morgan fingerprint density at radius 2 is 1.70 bits per heavy atom. The molecule has 1 aromatic carbocycles. The van der Waals surface area contributed by atoms with Gasteiger partial charge in [0.2, 0.25) is 0 Å². The molecule has 2 aromatic heterocycles. The van der Waals surface area contributed by atoms with E-state index < -0.39 is 0 Å². The van der Waals surface area contributed by atoms with Gasteiger partial charge in [-0.25, -0.2) is 4.98 Å². The maximum Gasteiger partial charge on any atom is 0.183 e. The number of fused-ring (bicyclic) bond motifs is 1. The molecule has 1 saturated carbocycles. The van der Waals surface area contributed by atoms with Crippen LogP contribution < -0.4 is 5.73 Å². The second-order valence-electron chi connectivity index (χ2n) is 9.14. The molecule has 1 saturated heterocycles. The molecule has 0 radical (unpaired) electrons. The molecule has 2 aliphatic rings. The van der Waals surface area contributed by atoms with Gasteiger partial charge in [-0.15, -0.1) is 0 Å². The van der Waals surface area contributed by atoms with E-state index in [1.54, 1.807) is 0 Å². The zero-order valence-corrected chi connectivity index (χ0v) is 18.1. The molecule has 158 valence electrons. The average molecular weight is 405 g/mol. The topological polar surface area (TPSA) is 74.1 Å². The molecule has 0 bridgehead atoms. The van der Waals surface area contributed by atoms with Crippen molar-refractivity contribution in [1.29, 1.82) is 0 Å². The van der Waals surface area contributed by atoms with E-state index in [1.165, 1.54) is 68.7 Å². The summed E-state index contributed by atoms with van der Waals surface area (Å²) >= 11 is 0. The number of aryl methyl sites for hydroxylation is 1. The Labute approximate surface area is 178 Å². The highest BCUT2D eigenvalue weighted by Crippen LogP contribution is 2.38. The lowest BCUT2D eigenvalue weighted by molar-refractivity contribution is 0.0876. The molecule has 5 rings (SSSR count). The van der Waals surface area contributed by atoms with Crippen LogP contribution in [0.3, 0.4) is 0 Å². The molecule has 0 unspecified atom stereocenters. The Bertz CT molecular complexity index is 1010. The number of nitrogens with one attached hydrogen (secondary N) is 1. The van der Waals surface area contributed by atoms with Gasteiger partial charge in [-0.05, 0) is 56.8 Å². The monoisotopic (exact) mass is 404 g/mol. The van der Waals surface area contributed by atoms with Crippen LogP contribution in [0.4, 0.5) is 5.82 Å². The Morgan fingerprint density at radius 3 is 2.40 bits per heavy atom. The molecule has 3 N–H and O–H groups in total. The lowest BCUT2D eigenvalue weighted by Crippen LogP contribution is -2.49. The van der Waals surface area contributed by atoms with Crippen molar-refractivity contribution >= 4 is 16.9 Å². The molecule has 1 aliphatic carbocycles. The lowest BCUT2D eigenvalue weighted by atomic mass is 9.82. The highest BCUT2D eigenvalue weighted by Gasteiger charge is 2.29. The first kappa shape index (κ1) is 19.5. The predicted molar refractivity (Wildman–Crippen MR) is 123 cm³/mol. The van der Waals surface area contributed by atoms with Crippen molar-refractivity contribution in [2.24, 2.45) is 0 Å². The minimum absolute atomic E-state index is 0.500. The summed E-state index contributed by atoms with van der Waals surface area (Å²) in [6.07, 6.45) is 4.92. The number of hydrogen-bond acceptors (Lipinski definition) is 5. The van der Waals surface area contributed by atoms with Crippen LogP contribution in [0.2, 0.25) is 0 Å². The summed E-state index contributed by atoms with van der Waals surface area (Å²) in [7, 11) is 2.23. The summed E-state index contributed by atoms with van der Waals surface area (Å²) in [6, 6.07) is 11.6. The fraction of sp³-hybridized carbons (Fsp3) is 0.500. The van der Waals surface area contributed by atoms with E-state index in [0.717, 1.165) is 22.6 Å². The first-order chi connectivity index (χ1) is 14.6. The summed E-state index contributed by atoms with van der Waals surface area (Å²) in [6.45, 7) is 6.92. The van der Waals surface area contributed by atoms with Gasteiger partial charge in [-0.1, -0.05) is 29.8 Å². The third-order valence-corrected chi connectivity index (χ3v) is 7.10. The number of aromatic amines is 1. The van der Waals surface area contributed by atoms with Crippen LogP contribution in [-0.2, 0) is 0 Å². The van der Waals surface area contributed by atoms with Gasteiger partial charge in [0, 0.05) is 43.8 Å². The normalized spacial score (nSPS) is 23.8. The lowest BCUT2D eigenvalue weighted by Gasteiger charge is -2.41. The van der Waals surface area contributed by atoms with E-state index in [4.69, 9.17) is 10.7 Å². The third kappa shape index (κ3) is 3.70. The number of rotatable bonds is 3. The summed E-state index contributed by atoms with van der Waals surface area (Å²) in [4.78, 5) is 10.1. The number of hydrogen-bond donors (Lipinski definition) is 2. The fourth-order valence-electron chi connectivity index (χ4n) is 5.16. The summed E-state index contributed by atoms with van der Waals surface area (Å²) in [5.74, 6) is 1.10. The maximum absolute atomic E-state index is 6.22. The maximum atomic E-state index is 6.22. The first-order valence-corrected chi connectivity index (χ1v) is 11.2. The Hall–Kier alpha value is -2.44. The van der Waals surface area contributed by atoms with Gasteiger partial charge >= 0.3 is 0 Å². The number of benzene rings is 1. The van der Waals surface area contributed by atoms with E-state index in [2.05, 4.69) is 64.3 Å². The minimum Gasteiger partial charge on any atom is -0.383 e. The van der Waals surface area contributed by atoms with Gasteiger partial charge < -0.3 is 10.6 Å². The van der Waals surface area contributed by atoms with Crippen LogP contribution in [0.25, 0.3) is 22.2 Å². The predicted octanol–water partition coefficient (Wildman–Crippen LogP) is 3.79. The van der Waals surface area contributed by atoms with E-state index >= 15 is 0 Å². The number of nitrogen functional groups attached to an aromatic ring is 1. The van der Waals surface area contributed by atoms with Crippen molar-refractivity contribution in [3.8, 4) is 11.1 Å². The van der Waals surface area contributed by atoms with E-state index in [9.17, 15) is 0 Å². The molecule has 30 heavy (non-hydrogen) atoms. The Morgan fingerprint density at radius 1 is 1.00 bits per heavy atom. The Balaban J connectivity index is 1.39. The minimum atomic E-state index is 0.500. The standard InChI is InChI=1S/C24H32N6/c1-16-3-5-17(6-4-16)20-15-21(26-24-22(20)23(25)27-28-24)18-7-9-19(10-8-18)30-13-11-29(2)12-14-30/h3-6,15,18-19H,7-14H2,1-2H3,(H3,25,26,27,28). The van der Waals surface area contributed by atoms with Crippen LogP contribution in [0.15, 0.2) is 30.3 Å². The Kier molecular flexibility index (Phi) is 5.21. The molecule has 3 aromatic rings. The number of likely N-dealkylation sites (N-methyl/N-ethyl adjacent to an activating group) is 1. The third-order valence-electron chi connectivity index (χ3n) is 7.10. The molecular formula is C24H32N6. The fourth-order valence-corrected chi connectivity index (χ4v) is 5.16. The zero-order valence-electron chi connectivity index (χ0n) is 18.1. The summed E-state index contributed by atoms with van der Waals surface area (Å²) in [5.41, 5.74) is 11.7. The summed E-state index contributed by atoms with van der Waals surface area (Å²) < 4.78 is 0. The molecule has 6 nitrogen and oxygen atoms in total. The first-order valence-electron chi connectivity index (χ1n) is 11.2. The molecular weight excluding hydrogens is 372 g/mol. The van der Waals surface area contributed by atoms with Gasteiger partial charge in [0.25, 0.3) is 0 Å². The smallest absolute Gasteiger partial charge is 0.183 e. The van der Waals surface area contributed by atoms with E-state index in [1.807, 2.05) is 0 Å². The van der Waals surface area contributed by atoms with Crippen molar-refractivity contribution in [3.05, 3.63) is 41.6 Å². The van der Waals surface area contributed by atoms with Crippen molar-refractivity contribution in [2.45, 2.75) is 44.6 Å². The molecule has 0 amide bonds. The molecule has 6 heteroatoms. The van der Waals surface area contributed by atoms with Gasteiger partial charge in [0.05, 0.1) is 5.39 Å². The van der Waals surface area contributed by atoms with E-state index in [-0.39, 0.29) is 0 Å². The zero-order chi connectivity index (χ0) is 20.7. The van der Waals surface area contributed by atoms with Gasteiger partial charge in [-0.2, -0.15) is 5.10 Å². The molecule has 1 aliphatic heterocycles. The number of aromatic nitrogens is 3. The number of nitrogens with zero attached hydrogens (tertiary/aromatic N) is 4. The number of anilines is 1. The highest BCUT2D eigenvalue weighted by molar-refractivity contribution is 6.00. The van der Waals surface area contributed by atoms with Gasteiger partial charge in [-0.3, -0.25) is 10.00 Å². The second-order valence-corrected chi connectivity index (χ2v) is 9.14. The highest BCUT2D eigenvalue weighted by atomic mass is 15.3. The van der Waals surface area contributed by atoms with Crippen molar-refractivity contribution < 1.29 is 0 Å². The molecule has 3 heterocycles. The number of piperazine rings is 1. The van der Waals surface area contributed by atoms with E-state index in [0.29, 0.717) is 11.7 Å². The summed E-state index contributed by atoms with van der Waals surface area (Å²) in [5, 5.41) is 8.27. The van der Waals surface area contributed by atoms with Crippen LogP contribution in [0.5, 0.6) is 0 Å². The quantitative estimate of drug-likeness (QED) is 0.695. The largest absolute Gasteiger partial charge is 0.383 e. The number of H-pyrrole nitrogens is 1. The van der Waals surface area contributed by atoms with Crippen LogP contribution >= 0.6 is 0 Å². The van der Waals surface area contributed by atoms with Crippen molar-refractivity contribution in [3.63, 3.8) is 0 Å². The number of nitrogens with two attached hydrogens (primary N) is 1. The van der Waals surface area contributed by atoms with Crippen LogP contribution in [-0.4, -0.2) is 64.2 Å². The van der Waals surface area contributed by atoms with Crippen molar-refractivity contribution in [2.75, 3.05) is 39.0 Å². The molecule has 0 atom stereocenters. The van der Waals surface area contributed by atoms with Crippen LogP contribution in [0, 0.1) is 6.92 Å². The SMILES string of the molecule is Cc1ccc(-c2cc(C3CCC(N4CCN(C)CC4)CC3)nc3n[nH]c(N)c23)cc1. The average Bonchev–Trinajstić information content (AvgIpc) is 3.15. The van der Waals surface area contributed by atoms with Gasteiger partial charge in [0.15, 0.2) is 5.65 Å². The second kappa shape index (κ2) is 8.00. The molecule has 2 fully saturated rings. The molecule has 0 spiro atoms. The number of pyridine rings is 1. The van der Waals surface area contributed by atoms with Gasteiger partial charge in [0.1, 0.15) is 5.82 Å².